The summed E-state index contributed by atoms with van der Waals surface area (Å²) in [6.45, 7) is 1.48. The van der Waals surface area contributed by atoms with Gasteiger partial charge in [0.1, 0.15) is 0 Å². The number of rotatable bonds is 0. The molecule has 3 aliphatic carbocycles. The average molecular weight is 93.1 g/mol. The number of piperidine rings is 4. The zero-order valence-electron chi connectivity index (χ0n) is 4.09. The smallest absolute Gasteiger partial charge is 0.0226 e. The van der Waals surface area contributed by atoms with Gasteiger partial charge in [-0.15, -0.1) is 0 Å². The normalized spacial score (nSPS) is 96.0. The SMILES string of the molecule is C1C2C3N4CC13C24. The van der Waals surface area contributed by atoms with Gasteiger partial charge in [-0.05, 0) is 12.3 Å². The topological polar surface area (TPSA) is 3.24 Å². The Hall–Kier alpha value is -0.0400. The summed E-state index contributed by atoms with van der Waals surface area (Å²) in [6, 6.07) is 2.30. The highest BCUT2D eigenvalue weighted by Gasteiger charge is 2.93. The van der Waals surface area contributed by atoms with Gasteiger partial charge < -0.3 is 0 Å². The van der Waals surface area contributed by atoms with Gasteiger partial charge in [0.05, 0.1) is 0 Å². The molecule has 4 heterocycles. The molecule has 1 nitrogen and oxygen atoms in total. The minimum absolute atomic E-state index is 0.991. The second-order valence-electron chi connectivity index (χ2n) is 3.66. The molecule has 5 bridgehead atoms. The van der Waals surface area contributed by atoms with Crippen LogP contribution < -0.4 is 0 Å². The van der Waals surface area contributed by atoms with Crippen molar-refractivity contribution in [2.45, 2.75) is 18.5 Å². The van der Waals surface area contributed by atoms with E-state index < -0.39 is 0 Å². The second-order valence-corrected chi connectivity index (χ2v) is 3.66. The van der Waals surface area contributed by atoms with Crippen molar-refractivity contribution in [1.29, 1.82) is 0 Å². The fourth-order valence-corrected chi connectivity index (χ4v) is 3.37. The van der Waals surface area contributed by atoms with Crippen LogP contribution in [0, 0.1) is 11.3 Å². The minimum Gasteiger partial charge on any atom is -0.295 e. The van der Waals surface area contributed by atoms with E-state index in [1.165, 1.54) is 12.5 Å². The molecule has 0 aromatic heterocycles. The van der Waals surface area contributed by atoms with Crippen LogP contribution in [0.15, 0.2) is 0 Å². The van der Waals surface area contributed by atoms with Crippen molar-refractivity contribution < 1.29 is 0 Å². The van der Waals surface area contributed by atoms with Crippen LogP contribution in [0.2, 0.25) is 0 Å². The van der Waals surface area contributed by atoms with E-state index in [2.05, 4.69) is 4.90 Å². The first-order valence-electron chi connectivity index (χ1n) is 3.19. The molecule has 7 fully saturated rings. The molecule has 1 spiro atoms. The van der Waals surface area contributed by atoms with Gasteiger partial charge in [-0.1, -0.05) is 0 Å². The third kappa shape index (κ3) is 0.0649. The summed E-state index contributed by atoms with van der Waals surface area (Å²) in [5.74, 6) is 1.22. The molecule has 7 aliphatic rings. The van der Waals surface area contributed by atoms with Crippen molar-refractivity contribution in [3.63, 3.8) is 0 Å². The molecule has 1 heteroatoms. The van der Waals surface area contributed by atoms with E-state index in [9.17, 15) is 0 Å². The molecule has 2 unspecified atom stereocenters. The Morgan fingerprint density at radius 3 is 2.14 bits per heavy atom. The molecule has 0 aromatic carbocycles. The molecule has 2 atom stereocenters. The molecule has 0 radical (unpaired) electrons. The lowest BCUT2D eigenvalue weighted by Gasteiger charge is -3.00. The van der Waals surface area contributed by atoms with Crippen molar-refractivity contribution in [2.75, 3.05) is 6.54 Å². The van der Waals surface area contributed by atoms with E-state index >= 15 is 0 Å². The zero-order valence-corrected chi connectivity index (χ0v) is 4.09. The molecule has 7 heavy (non-hydrogen) atoms. The number of hydrogen-bond acceptors (Lipinski definition) is 1. The van der Waals surface area contributed by atoms with Gasteiger partial charge in [0.2, 0.25) is 0 Å². The lowest BCUT2D eigenvalue weighted by Crippen LogP contribution is -3.09. The van der Waals surface area contributed by atoms with Gasteiger partial charge in [0.25, 0.3) is 0 Å². The third-order valence-corrected chi connectivity index (χ3v) is 3.80. The monoisotopic (exact) mass is 93.1 g/mol. The van der Waals surface area contributed by atoms with Crippen LogP contribution in [-0.2, 0) is 0 Å². The summed E-state index contributed by atoms with van der Waals surface area (Å²) in [6.07, 6.45) is 1.61. The van der Waals surface area contributed by atoms with Crippen LogP contribution in [0.1, 0.15) is 6.42 Å². The van der Waals surface area contributed by atoms with E-state index in [0.29, 0.717) is 0 Å². The summed E-state index contributed by atoms with van der Waals surface area (Å²) >= 11 is 0. The van der Waals surface area contributed by atoms with Gasteiger partial charge in [0.15, 0.2) is 0 Å². The first-order valence-corrected chi connectivity index (χ1v) is 3.19. The van der Waals surface area contributed by atoms with E-state index in [-0.39, 0.29) is 0 Å². The maximum Gasteiger partial charge on any atom is 0.0226 e. The van der Waals surface area contributed by atoms with Gasteiger partial charge >= 0.3 is 0 Å². The first-order chi connectivity index (χ1) is 3.43. The van der Waals surface area contributed by atoms with Crippen molar-refractivity contribution in [1.82, 2.24) is 4.90 Å². The van der Waals surface area contributed by atoms with Gasteiger partial charge in [-0.2, -0.15) is 0 Å². The predicted octanol–water partition coefficient (Wildman–Crippen LogP) is 0.0727. The fraction of sp³-hybridized carbons (Fsp3) is 1.00. The average Bonchev–Trinajstić information content (AvgIpc) is 1.53. The summed E-state index contributed by atoms with van der Waals surface area (Å²) in [7, 11) is 0. The Kier molecular flexibility index (Phi) is 0.131. The first kappa shape index (κ1) is 2.49. The van der Waals surface area contributed by atoms with E-state index in [1.54, 1.807) is 6.42 Å². The Bertz CT molecular complexity index is 147. The molecular formula is C6H7N. The Morgan fingerprint density at radius 2 is 2.14 bits per heavy atom. The molecule has 4 saturated heterocycles. The minimum atomic E-state index is 0.991. The Balaban J connectivity index is 2.12. The highest BCUT2D eigenvalue weighted by molar-refractivity contribution is 5.46. The standard InChI is InChI=1S/C6H7N/c1-3-4-6(1)2-7(4)5(3)6/h3-5H,1-2H2. The molecule has 4 aliphatic heterocycles. The van der Waals surface area contributed by atoms with Gasteiger partial charge in [-0.25, -0.2) is 0 Å². The van der Waals surface area contributed by atoms with Gasteiger partial charge in [0, 0.05) is 24.0 Å². The van der Waals surface area contributed by atoms with Crippen LogP contribution >= 0.6 is 0 Å². The molecule has 36 valence electrons. The highest BCUT2D eigenvalue weighted by atomic mass is 15.5. The molecule has 0 N–H and O–H groups in total. The van der Waals surface area contributed by atoms with E-state index in [0.717, 1.165) is 17.5 Å². The van der Waals surface area contributed by atoms with E-state index in [1.807, 2.05) is 0 Å². The van der Waals surface area contributed by atoms with Crippen molar-refractivity contribution in [2.24, 2.45) is 11.3 Å². The lowest BCUT2D eigenvalue weighted by molar-refractivity contribution is -0.501. The summed E-state index contributed by atoms with van der Waals surface area (Å²) in [5, 5.41) is 0. The summed E-state index contributed by atoms with van der Waals surface area (Å²) in [5.41, 5.74) is 0.991. The Morgan fingerprint density at radius 1 is 1.43 bits per heavy atom. The molecule has 7 rings (SSSR count). The second kappa shape index (κ2) is 0.368. The van der Waals surface area contributed by atoms with E-state index in [4.69, 9.17) is 0 Å². The molecule has 3 saturated carbocycles. The zero-order chi connectivity index (χ0) is 4.22. The molecule has 0 amide bonds. The third-order valence-electron chi connectivity index (χ3n) is 3.80. The van der Waals surface area contributed by atoms with Crippen molar-refractivity contribution >= 4 is 0 Å². The van der Waals surface area contributed by atoms with Crippen LogP contribution in [0.4, 0.5) is 0 Å². The van der Waals surface area contributed by atoms with Crippen LogP contribution in [0.25, 0.3) is 0 Å². The van der Waals surface area contributed by atoms with Crippen LogP contribution in [0.5, 0.6) is 0 Å². The maximum absolute atomic E-state index is 2.65. The quantitative estimate of drug-likeness (QED) is 0.409. The van der Waals surface area contributed by atoms with Crippen molar-refractivity contribution in [3.8, 4) is 0 Å². The predicted molar refractivity (Wildman–Crippen MR) is 24.8 cm³/mol. The largest absolute Gasteiger partial charge is 0.295 e. The molecule has 0 aromatic rings. The summed E-state index contributed by atoms with van der Waals surface area (Å²) < 4.78 is 0. The number of hydrogen-bond donors (Lipinski definition) is 0. The summed E-state index contributed by atoms with van der Waals surface area (Å²) in [4.78, 5) is 2.65. The highest BCUT2D eigenvalue weighted by Crippen LogP contribution is 2.86. The van der Waals surface area contributed by atoms with Crippen LogP contribution in [0.3, 0.4) is 0 Å². The maximum atomic E-state index is 2.65. The lowest BCUT2D eigenvalue weighted by atomic mass is 9.22. The fourth-order valence-electron chi connectivity index (χ4n) is 3.37. The van der Waals surface area contributed by atoms with Crippen molar-refractivity contribution in [3.05, 3.63) is 0 Å². The van der Waals surface area contributed by atoms with Crippen LogP contribution in [-0.4, -0.2) is 23.5 Å². The molecular weight excluding hydrogens is 86.1 g/mol. The van der Waals surface area contributed by atoms with Gasteiger partial charge in [-0.3, -0.25) is 4.90 Å². The Labute approximate surface area is 42.3 Å². The number of nitrogens with zero attached hydrogens (tertiary/aromatic N) is 1.